The molecule has 0 saturated carbocycles. The van der Waals surface area contributed by atoms with Gasteiger partial charge in [0.25, 0.3) is 0 Å². The van der Waals surface area contributed by atoms with E-state index in [0.29, 0.717) is 35.8 Å². The van der Waals surface area contributed by atoms with Gasteiger partial charge in [0.05, 0.1) is 6.61 Å². The number of Topliss-reactive ketones (excluding diaryl/α,β-unsaturated/α-hetero) is 1. The summed E-state index contributed by atoms with van der Waals surface area (Å²) in [5.41, 5.74) is 4.13. The van der Waals surface area contributed by atoms with Gasteiger partial charge in [-0.2, -0.15) is 0 Å². The molecule has 0 amide bonds. The first kappa shape index (κ1) is 22.9. The van der Waals surface area contributed by atoms with Crippen molar-refractivity contribution < 1.29 is 14.3 Å². The molecule has 0 fully saturated rings. The predicted octanol–water partition coefficient (Wildman–Crippen LogP) is 6.63. The van der Waals surface area contributed by atoms with Gasteiger partial charge in [-0.1, -0.05) is 58.7 Å². The largest absolute Gasteiger partial charge is 0.465 e. The van der Waals surface area contributed by atoms with Gasteiger partial charge < -0.3 is 4.74 Å². The third kappa shape index (κ3) is 4.60. The average molecular weight is 515 g/mol. The van der Waals surface area contributed by atoms with Gasteiger partial charge >= 0.3 is 5.97 Å². The lowest BCUT2D eigenvalue weighted by Gasteiger charge is -2.36. The van der Waals surface area contributed by atoms with Crippen LogP contribution < -0.4 is 0 Å². The van der Waals surface area contributed by atoms with Gasteiger partial charge in [-0.15, -0.1) is 0 Å². The van der Waals surface area contributed by atoms with Crippen molar-refractivity contribution in [3.63, 3.8) is 0 Å². The standard InChI is InChI=1S/C26H25BrClNO3/c1-3-12-32-26(31)23-15(2)29-21-13-18(16-6-10-20(28)11-7-16)14-22(30)25(21)24(23)17-4-8-19(27)9-5-17/h4-11,18,23-24H,3,12-14H2,1-2H3/t18-,23?,24-/m0/s1. The quantitative estimate of drug-likeness (QED) is 0.421. The monoisotopic (exact) mass is 513 g/mol. The number of benzene rings is 2. The van der Waals surface area contributed by atoms with E-state index in [1.54, 1.807) is 0 Å². The highest BCUT2D eigenvalue weighted by Crippen LogP contribution is 2.47. The third-order valence-corrected chi connectivity index (χ3v) is 6.94. The Balaban J connectivity index is 1.76. The third-order valence-electron chi connectivity index (χ3n) is 6.16. The molecule has 0 aromatic heterocycles. The fourth-order valence-electron chi connectivity index (χ4n) is 4.66. The first-order valence-electron chi connectivity index (χ1n) is 10.9. The molecular weight excluding hydrogens is 490 g/mol. The summed E-state index contributed by atoms with van der Waals surface area (Å²) >= 11 is 9.52. The van der Waals surface area contributed by atoms with Crippen LogP contribution in [-0.4, -0.2) is 24.1 Å². The van der Waals surface area contributed by atoms with Crippen LogP contribution in [-0.2, 0) is 14.3 Å². The molecule has 166 valence electrons. The van der Waals surface area contributed by atoms with E-state index in [1.165, 1.54) is 0 Å². The minimum Gasteiger partial charge on any atom is -0.465 e. The number of allylic oxidation sites excluding steroid dienone is 2. The number of hydrogen-bond donors (Lipinski definition) is 0. The van der Waals surface area contributed by atoms with E-state index in [1.807, 2.05) is 62.4 Å². The Morgan fingerprint density at radius 3 is 2.41 bits per heavy atom. The molecule has 0 radical (unpaired) electrons. The van der Waals surface area contributed by atoms with Gasteiger partial charge in [0.2, 0.25) is 0 Å². The number of hydrogen-bond acceptors (Lipinski definition) is 4. The van der Waals surface area contributed by atoms with E-state index < -0.39 is 11.8 Å². The van der Waals surface area contributed by atoms with Crippen LogP contribution in [0.5, 0.6) is 0 Å². The normalized spacial score (nSPS) is 22.9. The SMILES string of the molecule is CCCOC(=O)C1C(C)=NC2=C(C(=O)C[C@@H](c3ccc(Cl)cc3)C2)[C@H]1c1ccc(Br)cc1. The number of ketones is 1. The molecule has 4 rings (SSSR count). The number of carbonyl (C=O) groups is 2. The number of aliphatic imine (C=N–C) groups is 1. The van der Waals surface area contributed by atoms with Crippen molar-refractivity contribution in [2.75, 3.05) is 6.61 Å². The maximum Gasteiger partial charge on any atom is 0.315 e. The van der Waals surface area contributed by atoms with Crippen LogP contribution in [0.3, 0.4) is 0 Å². The fraction of sp³-hybridized carbons (Fsp3) is 0.346. The van der Waals surface area contributed by atoms with Crippen molar-refractivity contribution in [1.29, 1.82) is 0 Å². The van der Waals surface area contributed by atoms with E-state index in [0.717, 1.165) is 27.7 Å². The zero-order valence-electron chi connectivity index (χ0n) is 18.1. The van der Waals surface area contributed by atoms with Crippen LogP contribution in [0.1, 0.15) is 56.1 Å². The van der Waals surface area contributed by atoms with Gasteiger partial charge in [0.1, 0.15) is 5.92 Å². The second-order valence-corrected chi connectivity index (χ2v) is 9.72. The second kappa shape index (κ2) is 9.72. The summed E-state index contributed by atoms with van der Waals surface area (Å²) in [6.45, 7) is 4.18. The van der Waals surface area contributed by atoms with Gasteiger partial charge in [0.15, 0.2) is 5.78 Å². The van der Waals surface area contributed by atoms with Crippen LogP contribution in [0.2, 0.25) is 5.02 Å². The van der Waals surface area contributed by atoms with Gasteiger partial charge in [-0.05, 0) is 61.1 Å². The summed E-state index contributed by atoms with van der Waals surface area (Å²) < 4.78 is 6.46. The van der Waals surface area contributed by atoms with E-state index in [4.69, 9.17) is 21.3 Å². The topological polar surface area (TPSA) is 55.7 Å². The summed E-state index contributed by atoms with van der Waals surface area (Å²) in [6, 6.07) is 15.5. The first-order chi connectivity index (χ1) is 15.4. The van der Waals surface area contributed by atoms with Crippen LogP contribution in [0.15, 0.2) is 69.3 Å². The summed E-state index contributed by atoms with van der Waals surface area (Å²) in [6.07, 6.45) is 1.79. The van der Waals surface area contributed by atoms with Crippen molar-refractivity contribution in [3.05, 3.63) is 80.4 Å². The molecule has 1 heterocycles. The molecule has 0 saturated heterocycles. The van der Waals surface area contributed by atoms with Crippen LogP contribution >= 0.6 is 27.5 Å². The Labute approximate surface area is 201 Å². The molecule has 0 N–H and O–H groups in total. The number of rotatable bonds is 5. The Morgan fingerprint density at radius 2 is 1.75 bits per heavy atom. The van der Waals surface area contributed by atoms with E-state index in [2.05, 4.69) is 15.9 Å². The maximum atomic E-state index is 13.5. The van der Waals surface area contributed by atoms with Crippen molar-refractivity contribution in [3.8, 4) is 0 Å². The Kier molecular flexibility index (Phi) is 6.96. The number of carbonyl (C=O) groups excluding carboxylic acids is 2. The van der Waals surface area contributed by atoms with Crippen molar-refractivity contribution in [2.45, 2.75) is 44.9 Å². The van der Waals surface area contributed by atoms with Crippen molar-refractivity contribution in [2.24, 2.45) is 10.9 Å². The van der Waals surface area contributed by atoms with E-state index in [-0.39, 0.29) is 17.7 Å². The lowest BCUT2D eigenvalue weighted by atomic mass is 9.69. The molecule has 2 aromatic carbocycles. The van der Waals surface area contributed by atoms with Crippen molar-refractivity contribution >= 4 is 45.0 Å². The molecule has 1 aliphatic heterocycles. The molecule has 4 nitrogen and oxygen atoms in total. The van der Waals surface area contributed by atoms with Gasteiger partial charge in [-0.3, -0.25) is 14.6 Å². The molecule has 6 heteroatoms. The number of halogens is 2. The van der Waals surface area contributed by atoms with Crippen molar-refractivity contribution in [1.82, 2.24) is 0 Å². The van der Waals surface area contributed by atoms with Gasteiger partial charge in [-0.25, -0.2) is 0 Å². The predicted molar refractivity (Wildman–Crippen MR) is 130 cm³/mol. The molecule has 2 aromatic rings. The maximum absolute atomic E-state index is 13.5. The van der Waals surface area contributed by atoms with Gasteiger partial charge in [0, 0.05) is 38.8 Å². The molecule has 2 aliphatic rings. The lowest BCUT2D eigenvalue weighted by molar-refractivity contribution is -0.146. The number of esters is 1. The summed E-state index contributed by atoms with van der Waals surface area (Å²) in [7, 11) is 0. The first-order valence-corrected chi connectivity index (χ1v) is 12.0. The summed E-state index contributed by atoms with van der Waals surface area (Å²) in [5, 5.41) is 0.672. The average Bonchev–Trinajstić information content (AvgIpc) is 2.77. The molecule has 0 spiro atoms. The molecule has 0 bridgehead atoms. The molecule has 1 unspecified atom stereocenters. The molecule has 1 aliphatic carbocycles. The highest BCUT2D eigenvalue weighted by Gasteiger charge is 2.44. The zero-order chi connectivity index (χ0) is 22.8. The van der Waals surface area contributed by atoms with Crippen LogP contribution in [0, 0.1) is 5.92 Å². The minimum absolute atomic E-state index is 0.0451. The summed E-state index contributed by atoms with van der Waals surface area (Å²) in [4.78, 5) is 31.4. The molecular formula is C26H25BrClNO3. The smallest absolute Gasteiger partial charge is 0.315 e. The highest BCUT2D eigenvalue weighted by atomic mass is 79.9. The van der Waals surface area contributed by atoms with Crippen LogP contribution in [0.4, 0.5) is 0 Å². The fourth-order valence-corrected chi connectivity index (χ4v) is 5.05. The zero-order valence-corrected chi connectivity index (χ0v) is 20.4. The Bertz CT molecular complexity index is 1090. The number of ether oxygens (including phenoxy) is 1. The Morgan fingerprint density at radius 1 is 1.09 bits per heavy atom. The minimum atomic E-state index is -0.600. The van der Waals surface area contributed by atoms with Crippen LogP contribution in [0.25, 0.3) is 0 Å². The lowest BCUT2D eigenvalue weighted by Crippen LogP contribution is -2.38. The second-order valence-electron chi connectivity index (χ2n) is 8.37. The Hall–Kier alpha value is -2.24. The highest BCUT2D eigenvalue weighted by molar-refractivity contribution is 9.10. The molecule has 32 heavy (non-hydrogen) atoms. The van der Waals surface area contributed by atoms with E-state index >= 15 is 0 Å². The molecule has 3 atom stereocenters. The number of nitrogens with zero attached hydrogens (tertiary/aromatic N) is 1. The summed E-state index contributed by atoms with van der Waals surface area (Å²) in [5.74, 6) is -1.22. The van der Waals surface area contributed by atoms with E-state index in [9.17, 15) is 9.59 Å².